The third kappa shape index (κ3) is 4.99. The fourth-order valence-corrected chi connectivity index (χ4v) is 5.61. The van der Waals surface area contributed by atoms with Crippen molar-refractivity contribution >= 4 is 0 Å². The fourth-order valence-electron chi connectivity index (χ4n) is 5.61. The highest BCUT2D eigenvalue weighted by Gasteiger charge is 2.45. The maximum absolute atomic E-state index is 10.1. The largest absolute Gasteiger partial charge is 0.393 e. The van der Waals surface area contributed by atoms with Crippen molar-refractivity contribution < 1.29 is 15.3 Å². The van der Waals surface area contributed by atoms with Crippen molar-refractivity contribution in [3.05, 3.63) is 47.1 Å². The quantitative estimate of drug-likeness (QED) is 0.460. The molecule has 0 saturated heterocycles. The Balaban J connectivity index is 1.76. The van der Waals surface area contributed by atoms with Gasteiger partial charge in [-0.3, -0.25) is 0 Å². The number of aliphatic hydroxyl groups excluding tert-OH is 2. The van der Waals surface area contributed by atoms with E-state index in [-0.39, 0.29) is 5.41 Å². The van der Waals surface area contributed by atoms with Crippen LogP contribution in [0, 0.1) is 29.1 Å². The van der Waals surface area contributed by atoms with Crippen LogP contribution in [0.25, 0.3) is 0 Å². The molecule has 2 unspecified atom stereocenters. The van der Waals surface area contributed by atoms with Crippen molar-refractivity contribution in [2.45, 2.75) is 90.4 Å². The molecule has 2 fully saturated rings. The highest BCUT2D eigenvalue weighted by atomic mass is 16.3. The van der Waals surface area contributed by atoms with E-state index in [1.54, 1.807) is 13.8 Å². The average Bonchev–Trinajstić information content (AvgIpc) is 3.00. The molecule has 164 valence electrons. The minimum absolute atomic E-state index is 0.168. The Hall–Kier alpha value is -1.60. The summed E-state index contributed by atoms with van der Waals surface area (Å²) < 4.78 is 0. The molecule has 2 saturated carbocycles. The number of aliphatic hydroxyl groups is 3. The van der Waals surface area contributed by atoms with Crippen LogP contribution in [-0.2, 0) is 0 Å². The maximum atomic E-state index is 10.1. The Morgan fingerprint density at radius 2 is 2.07 bits per heavy atom. The van der Waals surface area contributed by atoms with E-state index in [1.165, 1.54) is 24.0 Å². The van der Waals surface area contributed by atoms with E-state index >= 15 is 0 Å². The van der Waals surface area contributed by atoms with Gasteiger partial charge < -0.3 is 15.3 Å². The summed E-state index contributed by atoms with van der Waals surface area (Å²) in [5.41, 5.74) is 3.95. The first kappa shape index (κ1) is 23.1. The Bertz CT molecular complexity index is 826. The second kappa shape index (κ2) is 8.87. The summed E-state index contributed by atoms with van der Waals surface area (Å²) >= 11 is 0. The number of allylic oxidation sites excluding steroid dienone is 5. The van der Waals surface area contributed by atoms with Crippen LogP contribution in [0.15, 0.2) is 47.1 Å². The second-order valence-electron chi connectivity index (χ2n) is 10.3. The van der Waals surface area contributed by atoms with Crippen molar-refractivity contribution in [1.29, 1.82) is 0 Å². The molecule has 3 aliphatic carbocycles. The summed E-state index contributed by atoms with van der Waals surface area (Å²) in [7, 11) is 0. The van der Waals surface area contributed by atoms with E-state index in [1.807, 2.05) is 0 Å². The van der Waals surface area contributed by atoms with E-state index in [0.717, 1.165) is 30.4 Å². The van der Waals surface area contributed by atoms with Gasteiger partial charge in [-0.15, -0.1) is 0 Å². The van der Waals surface area contributed by atoms with Gasteiger partial charge in [0, 0.05) is 12.8 Å². The first-order valence-electron chi connectivity index (χ1n) is 11.4. The SMILES string of the molecule is C=C1/C(=C\C=C2/CCCC3(C)C([C@@H](C)CC#CC(C)(C)O)=CCC23)C[C@@H](O)C[C@@H]1O. The second-order valence-corrected chi connectivity index (χ2v) is 10.3. The smallest absolute Gasteiger partial charge is 0.119 e. The predicted molar refractivity (Wildman–Crippen MR) is 123 cm³/mol. The number of hydrogen-bond acceptors (Lipinski definition) is 3. The summed E-state index contributed by atoms with van der Waals surface area (Å²) in [5, 5.41) is 30.0. The van der Waals surface area contributed by atoms with E-state index in [9.17, 15) is 15.3 Å². The normalized spacial score (nSPS) is 35.6. The molecular formula is C27H38O3. The van der Waals surface area contributed by atoms with Gasteiger partial charge in [0.15, 0.2) is 0 Å². The minimum Gasteiger partial charge on any atom is -0.393 e. The molecule has 0 aromatic carbocycles. The molecule has 3 aliphatic rings. The predicted octanol–water partition coefficient (Wildman–Crippen LogP) is 4.85. The van der Waals surface area contributed by atoms with Crippen molar-refractivity contribution in [2.24, 2.45) is 17.3 Å². The first-order chi connectivity index (χ1) is 14.0. The van der Waals surface area contributed by atoms with Crippen molar-refractivity contribution in [3.63, 3.8) is 0 Å². The molecule has 30 heavy (non-hydrogen) atoms. The van der Waals surface area contributed by atoms with Crippen molar-refractivity contribution in [2.75, 3.05) is 0 Å². The number of hydrogen-bond donors (Lipinski definition) is 3. The zero-order valence-corrected chi connectivity index (χ0v) is 19.0. The van der Waals surface area contributed by atoms with Crippen LogP contribution in [0.5, 0.6) is 0 Å². The molecule has 3 N–H and O–H groups in total. The Morgan fingerprint density at radius 1 is 1.33 bits per heavy atom. The molecule has 0 aromatic heterocycles. The fraction of sp³-hybridized carbons (Fsp3) is 0.630. The molecule has 0 spiro atoms. The van der Waals surface area contributed by atoms with Crippen LogP contribution in [0.4, 0.5) is 0 Å². The third-order valence-corrected chi connectivity index (χ3v) is 7.21. The van der Waals surface area contributed by atoms with Crippen molar-refractivity contribution in [3.8, 4) is 11.8 Å². The zero-order chi connectivity index (χ0) is 22.1. The lowest BCUT2D eigenvalue weighted by atomic mass is 9.62. The van der Waals surface area contributed by atoms with Gasteiger partial charge in [0.25, 0.3) is 0 Å². The summed E-state index contributed by atoms with van der Waals surface area (Å²) in [4.78, 5) is 0. The molecule has 3 nitrogen and oxygen atoms in total. The molecule has 3 rings (SSSR count). The Morgan fingerprint density at radius 3 is 2.77 bits per heavy atom. The highest BCUT2D eigenvalue weighted by Crippen LogP contribution is 2.56. The zero-order valence-electron chi connectivity index (χ0n) is 19.0. The van der Waals surface area contributed by atoms with Crippen LogP contribution < -0.4 is 0 Å². The Kier molecular flexibility index (Phi) is 6.82. The molecule has 0 aromatic rings. The summed E-state index contributed by atoms with van der Waals surface area (Å²) in [6.07, 6.45) is 11.9. The van der Waals surface area contributed by atoms with Crippen LogP contribution in [0.3, 0.4) is 0 Å². The van der Waals surface area contributed by atoms with Gasteiger partial charge in [-0.1, -0.05) is 61.6 Å². The van der Waals surface area contributed by atoms with Crippen LogP contribution >= 0.6 is 0 Å². The van der Waals surface area contributed by atoms with Crippen molar-refractivity contribution in [1.82, 2.24) is 0 Å². The molecular weight excluding hydrogens is 372 g/mol. The third-order valence-electron chi connectivity index (χ3n) is 7.21. The van der Waals surface area contributed by atoms with Gasteiger partial charge >= 0.3 is 0 Å². The molecule has 3 heteroatoms. The standard InChI is InChI=1S/C27H38O3/c1-18(8-6-14-26(3,4)30)23-12-13-24-20(9-7-15-27(23,24)5)10-11-21-16-22(28)17-25(29)19(21)2/h10-12,18,22,24-25,28-30H,2,7-9,13,15-17H2,1,3-5H3/b20-10+,21-11-/t18-,22+,24?,25-,27?/m0/s1. The van der Waals surface area contributed by atoms with E-state index in [4.69, 9.17) is 0 Å². The lowest BCUT2D eigenvalue weighted by molar-refractivity contribution is 0.0862. The molecule has 0 heterocycles. The molecule has 0 bridgehead atoms. The monoisotopic (exact) mass is 410 g/mol. The summed E-state index contributed by atoms with van der Waals surface area (Å²) in [5.74, 6) is 7.03. The Labute approximate surface area is 182 Å². The summed E-state index contributed by atoms with van der Waals surface area (Å²) in [6.45, 7) is 12.1. The van der Waals surface area contributed by atoms with Gasteiger partial charge in [0.1, 0.15) is 5.60 Å². The van der Waals surface area contributed by atoms with E-state index in [2.05, 4.69) is 50.5 Å². The lowest BCUT2D eigenvalue weighted by Gasteiger charge is -2.42. The number of rotatable bonds is 3. The van der Waals surface area contributed by atoms with Gasteiger partial charge in [-0.2, -0.15) is 0 Å². The van der Waals surface area contributed by atoms with Gasteiger partial charge in [-0.05, 0) is 74.3 Å². The molecule has 0 amide bonds. The molecule has 5 atom stereocenters. The minimum atomic E-state index is -0.936. The maximum Gasteiger partial charge on any atom is 0.119 e. The van der Waals surface area contributed by atoms with Gasteiger partial charge in [0.2, 0.25) is 0 Å². The first-order valence-corrected chi connectivity index (χ1v) is 11.4. The van der Waals surface area contributed by atoms with Crippen LogP contribution in [0.1, 0.15) is 72.6 Å². The van der Waals surface area contributed by atoms with E-state index in [0.29, 0.717) is 24.7 Å². The van der Waals surface area contributed by atoms with E-state index < -0.39 is 17.8 Å². The van der Waals surface area contributed by atoms with Gasteiger partial charge in [0.05, 0.1) is 12.2 Å². The molecule has 0 radical (unpaired) electrons. The highest BCUT2D eigenvalue weighted by molar-refractivity contribution is 5.40. The summed E-state index contributed by atoms with van der Waals surface area (Å²) in [6, 6.07) is 0. The lowest BCUT2D eigenvalue weighted by Crippen LogP contribution is -2.32. The average molecular weight is 411 g/mol. The topological polar surface area (TPSA) is 60.7 Å². The van der Waals surface area contributed by atoms with Crippen LogP contribution in [-0.4, -0.2) is 33.1 Å². The van der Waals surface area contributed by atoms with Gasteiger partial charge in [-0.25, -0.2) is 0 Å². The van der Waals surface area contributed by atoms with Crippen LogP contribution in [0.2, 0.25) is 0 Å². The number of fused-ring (bicyclic) bond motifs is 1. The molecule has 0 aliphatic heterocycles.